The molecule has 0 radical (unpaired) electrons. The number of hydrogen-bond donors (Lipinski definition) is 1. The summed E-state index contributed by atoms with van der Waals surface area (Å²) in [7, 11) is 0. The van der Waals surface area contributed by atoms with Crippen LogP contribution in [0.15, 0.2) is 24.5 Å². The fraction of sp³-hybridized carbons (Fsp3) is 0.500. The minimum Gasteiger partial charge on any atom is -0.512 e. The van der Waals surface area contributed by atoms with Crippen LogP contribution in [0.1, 0.15) is 26.2 Å². The molecule has 9 heavy (non-hydrogen) atoms. The van der Waals surface area contributed by atoms with E-state index in [1.165, 1.54) is 0 Å². The number of allylic oxidation sites excluding steroid dienone is 3. The molecule has 0 amide bonds. The average molecular weight is 126 g/mol. The molecule has 0 aromatic rings. The standard InChI is InChI=1S/C8H14O/c1-3-5-7-8(9)6-4-2/h4,6,9H,2-3,5,7H2,1H3. The van der Waals surface area contributed by atoms with E-state index in [9.17, 15) is 0 Å². The van der Waals surface area contributed by atoms with Crippen LogP contribution < -0.4 is 0 Å². The molecular formula is C8H14O. The first-order chi connectivity index (χ1) is 4.31. The Morgan fingerprint density at radius 2 is 2.33 bits per heavy atom. The van der Waals surface area contributed by atoms with Crippen LogP contribution in [-0.4, -0.2) is 5.11 Å². The number of unbranched alkanes of at least 4 members (excludes halogenated alkanes) is 1. The minimum absolute atomic E-state index is 0.437. The molecule has 0 heterocycles. The summed E-state index contributed by atoms with van der Waals surface area (Å²) in [6.07, 6.45) is 6.19. The lowest BCUT2D eigenvalue weighted by molar-refractivity contribution is 0.383. The first-order valence-electron chi connectivity index (χ1n) is 3.31. The highest BCUT2D eigenvalue weighted by atomic mass is 16.3. The molecule has 0 aliphatic rings. The molecule has 0 aliphatic heterocycles. The van der Waals surface area contributed by atoms with E-state index in [4.69, 9.17) is 5.11 Å². The lowest BCUT2D eigenvalue weighted by atomic mass is 10.2. The molecule has 0 unspecified atom stereocenters. The van der Waals surface area contributed by atoms with Gasteiger partial charge in [-0.3, -0.25) is 0 Å². The minimum atomic E-state index is 0.437. The Morgan fingerprint density at radius 1 is 1.67 bits per heavy atom. The summed E-state index contributed by atoms with van der Waals surface area (Å²) in [4.78, 5) is 0. The van der Waals surface area contributed by atoms with Gasteiger partial charge >= 0.3 is 0 Å². The fourth-order valence-electron chi connectivity index (χ4n) is 0.577. The van der Waals surface area contributed by atoms with E-state index in [1.54, 1.807) is 12.2 Å². The number of aliphatic hydroxyl groups is 1. The highest BCUT2D eigenvalue weighted by Crippen LogP contribution is 2.02. The summed E-state index contributed by atoms with van der Waals surface area (Å²) in [5, 5.41) is 8.97. The molecule has 0 fully saturated rings. The third-order valence-corrected chi connectivity index (χ3v) is 1.10. The zero-order valence-corrected chi connectivity index (χ0v) is 5.93. The normalized spacial score (nSPS) is 11.4. The topological polar surface area (TPSA) is 20.2 Å². The second-order valence-corrected chi connectivity index (χ2v) is 2.00. The van der Waals surface area contributed by atoms with Crippen LogP contribution in [0.4, 0.5) is 0 Å². The molecule has 0 saturated carbocycles. The van der Waals surface area contributed by atoms with Crippen molar-refractivity contribution >= 4 is 0 Å². The lowest BCUT2D eigenvalue weighted by Gasteiger charge is -1.93. The van der Waals surface area contributed by atoms with Gasteiger partial charge in [0.2, 0.25) is 0 Å². The molecule has 52 valence electrons. The van der Waals surface area contributed by atoms with Gasteiger partial charge in [-0.05, 0) is 12.5 Å². The summed E-state index contributed by atoms with van der Waals surface area (Å²) in [5.74, 6) is 0.437. The molecule has 0 saturated heterocycles. The van der Waals surface area contributed by atoms with Crippen LogP contribution in [0.25, 0.3) is 0 Å². The highest BCUT2D eigenvalue weighted by Gasteiger charge is 1.87. The number of rotatable bonds is 4. The molecule has 0 spiro atoms. The molecule has 0 aromatic carbocycles. The Hall–Kier alpha value is -0.720. The predicted molar refractivity (Wildman–Crippen MR) is 40.4 cm³/mol. The SMILES string of the molecule is C=CC=C(O)CCCC. The molecule has 0 atom stereocenters. The van der Waals surface area contributed by atoms with E-state index in [-0.39, 0.29) is 0 Å². The predicted octanol–water partition coefficient (Wildman–Crippen LogP) is 2.80. The molecule has 1 N–H and O–H groups in total. The third-order valence-electron chi connectivity index (χ3n) is 1.10. The highest BCUT2D eigenvalue weighted by molar-refractivity contribution is 5.02. The van der Waals surface area contributed by atoms with Crippen molar-refractivity contribution in [2.75, 3.05) is 0 Å². The first kappa shape index (κ1) is 8.28. The van der Waals surface area contributed by atoms with Gasteiger partial charge < -0.3 is 5.11 Å². The van der Waals surface area contributed by atoms with E-state index in [0.29, 0.717) is 5.76 Å². The van der Waals surface area contributed by atoms with Gasteiger partial charge in [0.1, 0.15) is 0 Å². The van der Waals surface area contributed by atoms with Crippen molar-refractivity contribution in [3.05, 3.63) is 24.5 Å². The molecule has 0 bridgehead atoms. The maximum atomic E-state index is 8.97. The van der Waals surface area contributed by atoms with Crippen molar-refractivity contribution in [1.29, 1.82) is 0 Å². The van der Waals surface area contributed by atoms with Crippen molar-refractivity contribution in [2.45, 2.75) is 26.2 Å². The van der Waals surface area contributed by atoms with Crippen LogP contribution in [-0.2, 0) is 0 Å². The van der Waals surface area contributed by atoms with Crippen LogP contribution in [0, 0.1) is 0 Å². The maximum Gasteiger partial charge on any atom is 0.0922 e. The zero-order valence-electron chi connectivity index (χ0n) is 5.93. The molecule has 0 aliphatic carbocycles. The Bertz CT molecular complexity index is 103. The van der Waals surface area contributed by atoms with Gasteiger partial charge in [0.15, 0.2) is 0 Å². The quantitative estimate of drug-likeness (QED) is 0.453. The summed E-state index contributed by atoms with van der Waals surface area (Å²) in [5.41, 5.74) is 0. The van der Waals surface area contributed by atoms with Gasteiger partial charge in [-0.25, -0.2) is 0 Å². The summed E-state index contributed by atoms with van der Waals surface area (Å²) >= 11 is 0. The second kappa shape index (κ2) is 5.42. The molecule has 1 nitrogen and oxygen atoms in total. The Morgan fingerprint density at radius 3 is 2.78 bits per heavy atom. The lowest BCUT2D eigenvalue weighted by Crippen LogP contribution is -1.78. The van der Waals surface area contributed by atoms with E-state index in [0.717, 1.165) is 19.3 Å². The molecule has 0 rings (SSSR count). The van der Waals surface area contributed by atoms with Crippen molar-refractivity contribution < 1.29 is 5.11 Å². The number of hydrogen-bond acceptors (Lipinski definition) is 1. The summed E-state index contributed by atoms with van der Waals surface area (Å²) in [6.45, 7) is 5.57. The van der Waals surface area contributed by atoms with E-state index in [2.05, 4.69) is 13.5 Å². The third kappa shape index (κ3) is 5.15. The zero-order chi connectivity index (χ0) is 7.11. The van der Waals surface area contributed by atoms with Gasteiger partial charge in [0.25, 0.3) is 0 Å². The second-order valence-electron chi connectivity index (χ2n) is 2.00. The Labute approximate surface area is 56.7 Å². The van der Waals surface area contributed by atoms with Crippen LogP contribution >= 0.6 is 0 Å². The molecular weight excluding hydrogens is 112 g/mol. The van der Waals surface area contributed by atoms with Gasteiger partial charge in [-0.15, -0.1) is 0 Å². The smallest absolute Gasteiger partial charge is 0.0922 e. The van der Waals surface area contributed by atoms with Crippen LogP contribution in [0.2, 0.25) is 0 Å². The van der Waals surface area contributed by atoms with E-state index >= 15 is 0 Å². The van der Waals surface area contributed by atoms with Crippen LogP contribution in [0.5, 0.6) is 0 Å². The molecule has 1 heteroatoms. The molecule has 0 aromatic heterocycles. The maximum absolute atomic E-state index is 8.97. The van der Waals surface area contributed by atoms with E-state index < -0.39 is 0 Å². The summed E-state index contributed by atoms with van der Waals surface area (Å²) in [6, 6.07) is 0. The van der Waals surface area contributed by atoms with Gasteiger partial charge in [0, 0.05) is 6.42 Å². The average Bonchev–Trinajstić information content (AvgIpc) is 1.85. The van der Waals surface area contributed by atoms with Gasteiger partial charge in [-0.2, -0.15) is 0 Å². The van der Waals surface area contributed by atoms with Crippen molar-refractivity contribution in [3.8, 4) is 0 Å². The van der Waals surface area contributed by atoms with Crippen molar-refractivity contribution in [3.63, 3.8) is 0 Å². The Kier molecular flexibility index (Phi) is 4.98. The Balaban J connectivity index is 3.36. The number of aliphatic hydroxyl groups excluding tert-OH is 1. The first-order valence-corrected chi connectivity index (χ1v) is 3.31. The largest absolute Gasteiger partial charge is 0.512 e. The van der Waals surface area contributed by atoms with Crippen molar-refractivity contribution in [2.24, 2.45) is 0 Å². The van der Waals surface area contributed by atoms with Gasteiger partial charge in [0.05, 0.1) is 5.76 Å². The van der Waals surface area contributed by atoms with Crippen molar-refractivity contribution in [1.82, 2.24) is 0 Å². The summed E-state index contributed by atoms with van der Waals surface area (Å²) < 4.78 is 0. The fourth-order valence-corrected chi connectivity index (χ4v) is 0.577. The van der Waals surface area contributed by atoms with E-state index in [1.807, 2.05) is 0 Å². The van der Waals surface area contributed by atoms with Crippen LogP contribution in [0.3, 0.4) is 0 Å². The monoisotopic (exact) mass is 126 g/mol. The van der Waals surface area contributed by atoms with Gasteiger partial charge in [-0.1, -0.05) is 26.0 Å².